The highest BCUT2D eigenvalue weighted by Crippen LogP contribution is 2.30. The van der Waals surface area contributed by atoms with Crippen LogP contribution >= 0.6 is 0 Å². The normalized spacial score (nSPS) is 14.9. The molecule has 1 aliphatic heterocycles. The number of hydrogen-bond donors (Lipinski definition) is 2. The fraction of sp³-hybridized carbons (Fsp3) is 0.333. The second-order valence-corrected chi connectivity index (χ2v) is 6.90. The van der Waals surface area contributed by atoms with Crippen molar-refractivity contribution in [3.63, 3.8) is 0 Å². The van der Waals surface area contributed by atoms with E-state index in [4.69, 9.17) is 9.47 Å². The number of fused-ring (bicyclic) bond motifs is 1. The maximum Gasteiger partial charge on any atom is 0.227 e. The number of para-hydroxylation sites is 2. The average Bonchev–Trinajstić information content (AvgIpc) is 3.18. The number of anilines is 2. The molecular formula is C21H24N4O3. The van der Waals surface area contributed by atoms with E-state index in [0.29, 0.717) is 17.2 Å². The van der Waals surface area contributed by atoms with Gasteiger partial charge in [0.25, 0.3) is 0 Å². The summed E-state index contributed by atoms with van der Waals surface area (Å²) in [4.78, 5) is 22.9. The van der Waals surface area contributed by atoms with Crippen molar-refractivity contribution in [2.75, 3.05) is 37.5 Å². The predicted molar refractivity (Wildman–Crippen MR) is 109 cm³/mol. The van der Waals surface area contributed by atoms with Crippen LogP contribution in [0.15, 0.2) is 42.5 Å². The van der Waals surface area contributed by atoms with Gasteiger partial charge in [-0.3, -0.25) is 4.79 Å². The van der Waals surface area contributed by atoms with Crippen LogP contribution in [0.1, 0.15) is 12.8 Å². The molecule has 146 valence electrons. The molecular weight excluding hydrogens is 356 g/mol. The van der Waals surface area contributed by atoms with Crippen LogP contribution in [-0.2, 0) is 4.79 Å². The summed E-state index contributed by atoms with van der Waals surface area (Å²) < 4.78 is 10.5. The summed E-state index contributed by atoms with van der Waals surface area (Å²) in [5.41, 5.74) is 2.71. The van der Waals surface area contributed by atoms with Gasteiger partial charge in [-0.15, -0.1) is 0 Å². The van der Waals surface area contributed by atoms with Gasteiger partial charge in [-0.05, 0) is 37.1 Å². The Balaban J connectivity index is 1.37. The maximum atomic E-state index is 12.7. The quantitative estimate of drug-likeness (QED) is 0.709. The minimum absolute atomic E-state index is 0.0197. The van der Waals surface area contributed by atoms with E-state index in [0.717, 1.165) is 42.9 Å². The number of rotatable bonds is 5. The number of amides is 1. The lowest BCUT2D eigenvalue weighted by Gasteiger charge is -2.31. The molecule has 1 aromatic heterocycles. The molecule has 0 radical (unpaired) electrons. The maximum absolute atomic E-state index is 12.7. The Morgan fingerprint density at radius 1 is 1.11 bits per heavy atom. The Bertz CT molecular complexity index is 944. The number of piperidine rings is 1. The van der Waals surface area contributed by atoms with Crippen LogP contribution in [0.5, 0.6) is 11.5 Å². The molecule has 0 aliphatic carbocycles. The van der Waals surface area contributed by atoms with Gasteiger partial charge in [0.05, 0.1) is 25.3 Å². The summed E-state index contributed by atoms with van der Waals surface area (Å²) in [5.74, 6) is 2.13. The first-order valence-corrected chi connectivity index (χ1v) is 9.40. The third-order valence-electron chi connectivity index (χ3n) is 5.19. The Labute approximate surface area is 163 Å². The molecule has 1 aliphatic rings. The minimum Gasteiger partial charge on any atom is -0.493 e. The molecule has 0 saturated carbocycles. The number of H-pyrrole nitrogens is 1. The number of benzene rings is 2. The Kier molecular flexibility index (Phi) is 5.06. The molecule has 7 heteroatoms. The molecule has 1 fully saturated rings. The summed E-state index contributed by atoms with van der Waals surface area (Å²) >= 11 is 0. The zero-order valence-corrected chi connectivity index (χ0v) is 16.1. The number of nitrogens with one attached hydrogen (secondary N) is 2. The summed E-state index contributed by atoms with van der Waals surface area (Å²) in [6, 6.07) is 13.4. The molecule has 1 saturated heterocycles. The van der Waals surface area contributed by atoms with Crippen molar-refractivity contribution in [1.82, 2.24) is 9.97 Å². The van der Waals surface area contributed by atoms with Crippen molar-refractivity contribution in [2.45, 2.75) is 12.8 Å². The highest BCUT2D eigenvalue weighted by atomic mass is 16.5. The molecule has 2 N–H and O–H groups in total. The number of hydrogen-bond acceptors (Lipinski definition) is 5. The lowest BCUT2D eigenvalue weighted by atomic mass is 9.96. The van der Waals surface area contributed by atoms with Gasteiger partial charge in [-0.2, -0.15) is 0 Å². The standard InChI is InChI=1S/C21H24N4O3/c1-27-18-8-7-15(13-19(18)28-2)22-20(26)14-9-11-25(12-10-14)21-23-16-5-3-4-6-17(16)24-21/h3-8,13-14H,9-12H2,1-2H3,(H,22,26)(H,23,24). The van der Waals surface area contributed by atoms with Gasteiger partial charge < -0.3 is 24.7 Å². The predicted octanol–water partition coefficient (Wildman–Crippen LogP) is 3.44. The minimum atomic E-state index is -0.0197. The van der Waals surface area contributed by atoms with Crippen molar-refractivity contribution in [3.05, 3.63) is 42.5 Å². The monoisotopic (exact) mass is 380 g/mol. The second-order valence-electron chi connectivity index (χ2n) is 6.90. The van der Waals surface area contributed by atoms with Crippen LogP contribution in [0.4, 0.5) is 11.6 Å². The first kappa shape index (κ1) is 18.2. The summed E-state index contributed by atoms with van der Waals surface area (Å²) in [7, 11) is 3.17. The molecule has 0 atom stereocenters. The number of methoxy groups -OCH3 is 2. The Morgan fingerprint density at radius 2 is 1.86 bits per heavy atom. The van der Waals surface area contributed by atoms with Crippen molar-refractivity contribution in [1.29, 1.82) is 0 Å². The smallest absolute Gasteiger partial charge is 0.227 e. The number of carbonyl (C=O) groups excluding carboxylic acids is 1. The van der Waals surface area contributed by atoms with E-state index in [1.54, 1.807) is 26.4 Å². The van der Waals surface area contributed by atoms with Crippen LogP contribution in [0.2, 0.25) is 0 Å². The first-order chi connectivity index (χ1) is 13.7. The third kappa shape index (κ3) is 3.60. The highest BCUT2D eigenvalue weighted by Gasteiger charge is 2.26. The van der Waals surface area contributed by atoms with Gasteiger partial charge in [-0.1, -0.05) is 12.1 Å². The van der Waals surface area contributed by atoms with Crippen LogP contribution in [0, 0.1) is 5.92 Å². The molecule has 28 heavy (non-hydrogen) atoms. The van der Waals surface area contributed by atoms with Gasteiger partial charge >= 0.3 is 0 Å². The first-order valence-electron chi connectivity index (χ1n) is 9.40. The topological polar surface area (TPSA) is 79.5 Å². The van der Waals surface area contributed by atoms with Gasteiger partial charge in [-0.25, -0.2) is 4.98 Å². The number of carbonyl (C=O) groups is 1. The Hall–Kier alpha value is -3.22. The lowest BCUT2D eigenvalue weighted by molar-refractivity contribution is -0.120. The molecule has 1 amide bonds. The van der Waals surface area contributed by atoms with Gasteiger partial charge in [0.2, 0.25) is 11.9 Å². The summed E-state index contributed by atoms with van der Waals surface area (Å²) in [5, 5.41) is 3.00. The number of ether oxygens (including phenoxy) is 2. The summed E-state index contributed by atoms with van der Waals surface area (Å²) in [6.45, 7) is 1.59. The molecule has 0 spiro atoms. The fourth-order valence-corrected chi connectivity index (χ4v) is 3.60. The zero-order valence-electron chi connectivity index (χ0n) is 16.1. The molecule has 4 rings (SSSR count). The van der Waals surface area contributed by atoms with E-state index in [-0.39, 0.29) is 11.8 Å². The number of imidazole rings is 1. The molecule has 0 bridgehead atoms. The largest absolute Gasteiger partial charge is 0.493 e. The SMILES string of the molecule is COc1ccc(NC(=O)C2CCN(c3nc4ccccc4[nH]3)CC2)cc1OC. The number of aromatic amines is 1. The second kappa shape index (κ2) is 7.80. The van der Waals surface area contributed by atoms with Gasteiger partial charge in [0, 0.05) is 30.8 Å². The zero-order chi connectivity index (χ0) is 19.5. The highest BCUT2D eigenvalue weighted by molar-refractivity contribution is 5.93. The number of nitrogens with zero attached hydrogens (tertiary/aromatic N) is 2. The van der Waals surface area contributed by atoms with Gasteiger partial charge in [0.15, 0.2) is 11.5 Å². The third-order valence-corrected chi connectivity index (χ3v) is 5.19. The van der Waals surface area contributed by atoms with Crippen LogP contribution in [-0.4, -0.2) is 43.2 Å². The van der Waals surface area contributed by atoms with Crippen LogP contribution in [0.3, 0.4) is 0 Å². The van der Waals surface area contributed by atoms with Crippen LogP contribution in [0.25, 0.3) is 11.0 Å². The van der Waals surface area contributed by atoms with E-state index >= 15 is 0 Å². The van der Waals surface area contributed by atoms with Crippen LogP contribution < -0.4 is 19.7 Å². The fourth-order valence-electron chi connectivity index (χ4n) is 3.60. The van der Waals surface area contributed by atoms with E-state index in [1.807, 2.05) is 30.3 Å². The molecule has 3 aromatic rings. The molecule has 2 aromatic carbocycles. The van der Waals surface area contributed by atoms with E-state index in [9.17, 15) is 4.79 Å². The Morgan fingerprint density at radius 3 is 2.57 bits per heavy atom. The van der Waals surface area contributed by atoms with E-state index < -0.39 is 0 Å². The molecule has 0 unspecified atom stereocenters. The van der Waals surface area contributed by atoms with Crippen molar-refractivity contribution in [3.8, 4) is 11.5 Å². The average molecular weight is 380 g/mol. The lowest BCUT2D eigenvalue weighted by Crippen LogP contribution is -2.38. The van der Waals surface area contributed by atoms with E-state index in [2.05, 4.69) is 20.2 Å². The number of aromatic nitrogens is 2. The van der Waals surface area contributed by atoms with Crippen molar-refractivity contribution >= 4 is 28.6 Å². The molecule has 2 heterocycles. The van der Waals surface area contributed by atoms with E-state index in [1.165, 1.54) is 0 Å². The van der Waals surface area contributed by atoms with Gasteiger partial charge in [0.1, 0.15) is 0 Å². The summed E-state index contributed by atoms with van der Waals surface area (Å²) in [6.07, 6.45) is 1.58. The molecule has 7 nitrogen and oxygen atoms in total. The van der Waals surface area contributed by atoms with Crippen molar-refractivity contribution < 1.29 is 14.3 Å². The van der Waals surface area contributed by atoms with Crippen molar-refractivity contribution in [2.24, 2.45) is 5.92 Å².